The van der Waals surface area contributed by atoms with Crippen LogP contribution in [0.4, 0.5) is 0 Å². The second kappa shape index (κ2) is 21.6. The number of carbonyl (C=O) groups is 12. The van der Waals surface area contributed by atoms with Crippen molar-refractivity contribution >= 4 is 70.5 Å². The van der Waals surface area contributed by atoms with Gasteiger partial charge in [0.05, 0.1) is 0 Å². The first-order chi connectivity index (χ1) is 22.2. The molecule has 0 aromatic carbocycles. The Balaban J connectivity index is 7.33. The Kier molecular flexibility index (Phi) is 19.3. The van der Waals surface area contributed by atoms with E-state index in [1.165, 1.54) is 0 Å². The summed E-state index contributed by atoms with van der Waals surface area (Å²) in [5, 5.41) is 0. The lowest BCUT2D eigenvalue weighted by atomic mass is 10.0. The second-order valence-electron chi connectivity index (χ2n) is 10.6. The van der Waals surface area contributed by atoms with Crippen LogP contribution in [0.2, 0.25) is 0 Å². The first-order valence-corrected chi connectivity index (χ1v) is 14.3. The first kappa shape index (κ1) is 42.8. The average molecular weight is 687 g/mol. The van der Waals surface area contributed by atoms with Crippen LogP contribution in [0.1, 0.15) is 80.1 Å². The van der Waals surface area contributed by atoms with Crippen molar-refractivity contribution in [2.24, 2.45) is 0 Å². The molecular formula is C30H38O18. The minimum atomic E-state index is -2.23. The number of hydrogen-bond donors (Lipinski definition) is 0. The highest BCUT2D eigenvalue weighted by Crippen LogP contribution is 2.22. The molecule has 0 spiro atoms. The molecule has 0 unspecified atom stereocenters. The smallest absolute Gasteiger partial charge is 0.313 e. The van der Waals surface area contributed by atoms with E-state index in [1.807, 2.05) is 0 Å². The summed E-state index contributed by atoms with van der Waals surface area (Å²) >= 11 is 0. The third kappa shape index (κ3) is 20.1. The SMILES string of the molecule is CC(=O)CC(=O)OC[C@H](OC(=O)CC(C)=O)[C@@H](OC(=O)CC(C)=O)[C@H](OC(=O)CC(C)=O)[C@@H](COC(=O)CC(C)=O)OC(=O)CC(C)=O. The Bertz CT molecular complexity index is 1200. The van der Waals surface area contributed by atoms with E-state index in [0.717, 1.165) is 41.5 Å². The van der Waals surface area contributed by atoms with E-state index in [-0.39, 0.29) is 0 Å². The van der Waals surface area contributed by atoms with Crippen molar-refractivity contribution in [3.8, 4) is 0 Å². The van der Waals surface area contributed by atoms with E-state index in [9.17, 15) is 57.5 Å². The quantitative estimate of drug-likeness (QED) is 0.0751. The number of esters is 6. The van der Waals surface area contributed by atoms with E-state index < -0.39 is 147 Å². The van der Waals surface area contributed by atoms with Crippen molar-refractivity contribution in [3.63, 3.8) is 0 Å². The molecule has 266 valence electrons. The normalized spacial score (nSPS) is 12.9. The predicted octanol–water partition coefficient (Wildman–Crippen LogP) is -0.405. The van der Waals surface area contributed by atoms with Gasteiger partial charge in [-0.1, -0.05) is 0 Å². The molecule has 48 heavy (non-hydrogen) atoms. The maximum atomic E-state index is 12.8. The first-order valence-electron chi connectivity index (χ1n) is 14.3. The molecule has 18 nitrogen and oxygen atoms in total. The third-order valence-electron chi connectivity index (χ3n) is 5.33. The van der Waals surface area contributed by atoms with Crippen LogP contribution in [-0.4, -0.2) is 108 Å². The third-order valence-corrected chi connectivity index (χ3v) is 5.33. The van der Waals surface area contributed by atoms with Crippen molar-refractivity contribution in [3.05, 3.63) is 0 Å². The molecule has 0 aliphatic rings. The summed E-state index contributed by atoms with van der Waals surface area (Å²) in [6.45, 7) is 4.00. The lowest BCUT2D eigenvalue weighted by Gasteiger charge is -2.35. The average Bonchev–Trinajstić information content (AvgIpc) is 2.88. The van der Waals surface area contributed by atoms with Gasteiger partial charge in [0.2, 0.25) is 0 Å². The van der Waals surface area contributed by atoms with Crippen molar-refractivity contribution in [2.45, 2.75) is 104 Å². The van der Waals surface area contributed by atoms with Gasteiger partial charge in [-0.3, -0.25) is 57.5 Å². The van der Waals surface area contributed by atoms with Gasteiger partial charge < -0.3 is 28.4 Å². The number of carbonyl (C=O) groups excluding carboxylic acids is 12. The van der Waals surface area contributed by atoms with Crippen LogP contribution in [0.15, 0.2) is 0 Å². The van der Waals surface area contributed by atoms with Crippen molar-refractivity contribution < 1.29 is 86.0 Å². The Morgan fingerprint density at radius 1 is 0.333 bits per heavy atom. The largest absolute Gasteiger partial charge is 0.461 e. The van der Waals surface area contributed by atoms with Gasteiger partial charge in [-0.15, -0.1) is 0 Å². The molecule has 0 saturated heterocycles. The summed E-state index contributed by atoms with van der Waals surface area (Å²) in [6, 6.07) is 0. The monoisotopic (exact) mass is 686 g/mol. The van der Waals surface area contributed by atoms with Crippen molar-refractivity contribution in [1.29, 1.82) is 0 Å². The lowest BCUT2D eigenvalue weighted by molar-refractivity contribution is -0.209. The molecule has 0 aliphatic heterocycles. The molecule has 0 N–H and O–H groups in total. The van der Waals surface area contributed by atoms with Crippen LogP contribution in [0, 0.1) is 0 Å². The summed E-state index contributed by atoms with van der Waals surface area (Å²) in [7, 11) is 0. The predicted molar refractivity (Wildman–Crippen MR) is 153 cm³/mol. The molecule has 0 aliphatic carbocycles. The van der Waals surface area contributed by atoms with Crippen molar-refractivity contribution in [2.75, 3.05) is 13.2 Å². The zero-order valence-electron chi connectivity index (χ0n) is 27.3. The van der Waals surface area contributed by atoms with Crippen LogP contribution in [0.3, 0.4) is 0 Å². The van der Waals surface area contributed by atoms with Gasteiger partial charge in [0.1, 0.15) is 86.4 Å². The molecule has 0 amide bonds. The molecule has 0 saturated carbocycles. The maximum absolute atomic E-state index is 12.8. The molecule has 0 radical (unpaired) electrons. The van der Waals surface area contributed by atoms with Gasteiger partial charge >= 0.3 is 35.8 Å². The van der Waals surface area contributed by atoms with Crippen LogP contribution in [-0.2, 0) is 86.0 Å². The molecule has 0 fully saturated rings. The molecule has 4 atom stereocenters. The highest BCUT2D eigenvalue weighted by atomic mass is 16.6. The summed E-state index contributed by atoms with van der Waals surface area (Å²) in [6.07, 6.45) is -13.7. The molecular weight excluding hydrogens is 648 g/mol. The fraction of sp³-hybridized carbons (Fsp3) is 0.600. The van der Waals surface area contributed by atoms with Crippen LogP contribution < -0.4 is 0 Å². The van der Waals surface area contributed by atoms with Crippen LogP contribution in [0.25, 0.3) is 0 Å². The van der Waals surface area contributed by atoms with Gasteiger partial charge in [0.25, 0.3) is 0 Å². The molecule has 0 heterocycles. The van der Waals surface area contributed by atoms with E-state index in [1.54, 1.807) is 0 Å². The highest BCUT2D eigenvalue weighted by Gasteiger charge is 2.46. The second-order valence-corrected chi connectivity index (χ2v) is 10.6. The van der Waals surface area contributed by atoms with E-state index in [0.29, 0.717) is 0 Å². The molecule has 0 aromatic heterocycles. The number of ether oxygens (including phenoxy) is 6. The molecule has 0 bridgehead atoms. The number of Topliss-reactive ketones (excluding diaryl/α,β-unsaturated/α-hetero) is 6. The topological polar surface area (TPSA) is 260 Å². The number of rotatable bonds is 23. The van der Waals surface area contributed by atoms with E-state index in [2.05, 4.69) is 0 Å². The highest BCUT2D eigenvalue weighted by molar-refractivity contribution is 5.97. The van der Waals surface area contributed by atoms with E-state index in [4.69, 9.17) is 28.4 Å². The zero-order chi connectivity index (χ0) is 37.1. The minimum absolute atomic E-state index is 0.643. The summed E-state index contributed by atoms with van der Waals surface area (Å²) < 4.78 is 31.1. The molecule has 0 aromatic rings. The Labute approximate surface area is 274 Å². The Morgan fingerprint density at radius 2 is 0.542 bits per heavy atom. The van der Waals surface area contributed by atoms with Gasteiger partial charge in [-0.25, -0.2) is 0 Å². The van der Waals surface area contributed by atoms with Gasteiger partial charge in [0, 0.05) is 0 Å². The summed E-state index contributed by atoms with van der Waals surface area (Å²) in [5.41, 5.74) is 0. The number of hydrogen-bond acceptors (Lipinski definition) is 18. The minimum Gasteiger partial charge on any atom is -0.461 e. The van der Waals surface area contributed by atoms with Crippen LogP contribution >= 0.6 is 0 Å². The molecule has 18 heteroatoms. The Morgan fingerprint density at radius 3 is 0.771 bits per heavy atom. The van der Waals surface area contributed by atoms with Gasteiger partial charge in [-0.05, 0) is 41.5 Å². The van der Waals surface area contributed by atoms with Gasteiger partial charge in [-0.2, -0.15) is 0 Å². The Hall–Kier alpha value is -5.16. The van der Waals surface area contributed by atoms with Gasteiger partial charge in [0.15, 0.2) is 24.4 Å². The van der Waals surface area contributed by atoms with E-state index >= 15 is 0 Å². The maximum Gasteiger partial charge on any atom is 0.313 e. The standard InChI is InChI=1S/C30H38O18/c1-15(31)7-23(37)43-13-21(45-25(39)9-17(3)33)29(47-27(41)11-19(5)35)30(48-28(42)12-20(6)36)22(46-26(40)10-18(4)34)14-44-24(38)8-16(2)32/h21-22,29-30H,7-14H2,1-6H3/t21-,22+,29-,30-/m1/s1. The van der Waals surface area contributed by atoms with Crippen LogP contribution in [0.5, 0.6) is 0 Å². The summed E-state index contributed by atoms with van der Waals surface area (Å²) in [5.74, 6) is -11.8. The zero-order valence-corrected chi connectivity index (χ0v) is 27.3. The molecule has 0 rings (SSSR count). The number of ketones is 6. The van der Waals surface area contributed by atoms with Crippen molar-refractivity contribution in [1.82, 2.24) is 0 Å². The fourth-order valence-electron chi connectivity index (χ4n) is 3.58. The summed E-state index contributed by atoms with van der Waals surface area (Å²) in [4.78, 5) is 145. The lowest BCUT2D eigenvalue weighted by Crippen LogP contribution is -2.55. The fourth-order valence-corrected chi connectivity index (χ4v) is 3.58.